The maximum atomic E-state index is 10.3. The van der Waals surface area contributed by atoms with Gasteiger partial charge in [0.05, 0.1) is 6.10 Å². The van der Waals surface area contributed by atoms with Gasteiger partial charge in [-0.2, -0.15) is 0 Å². The summed E-state index contributed by atoms with van der Waals surface area (Å²) in [6.45, 7) is 4.02. The maximum absolute atomic E-state index is 10.3. The van der Waals surface area contributed by atoms with Gasteiger partial charge in [-0.05, 0) is 44.5 Å². The van der Waals surface area contributed by atoms with E-state index in [-0.39, 0.29) is 11.7 Å². The number of aryl methyl sites for hydroxylation is 1. The van der Waals surface area contributed by atoms with E-state index in [0.717, 1.165) is 43.7 Å². The number of hydrogen-bond donors (Lipinski definition) is 2. The van der Waals surface area contributed by atoms with E-state index in [0.29, 0.717) is 0 Å². The monoisotopic (exact) mass is 233 g/mol. The quantitative estimate of drug-likeness (QED) is 0.719. The van der Waals surface area contributed by atoms with E-state index in [1.165, 1.54) is 5.56 Å². The van der Waals surface area contributed by atoms with Crippen molar-refractivity contribution in [2.24, 2.45) is 0 Å². The van der Waals surface area contributed by atoms with Gasteiger partial charge in [0.1, 0.15) is 11.4 Å². The molecule has 17 heavy (non-hydrogen) atoms. The molecule has 1 fully saturated rings. The minimum absolute atomic E-state index is 0.147. The second-order valence-electron chi connectivity index (χ2n) is 5.30. The zero-order valence-corrected chi connectivity index (χ0v) is 10.2. The molecule has 2 aliphatic rings. The van der Waals surface area contributed by atoms with Gasteiger partial charge in [-0.15, -0.1) is 0 Å². The minimum Gasteiger partial charge on any atom is -0.487 e. The van der Waals surface area contributed by atoms with E-state index in [1.807, 2.05) is 18.2 Å². The highest BCUT2D eigenvalue weighted by molar-refractivity contribution is 5.41. The Balaban J connectivity index is 1.95. The van der Waals surface area contributed by atoms with Gasteiger partial charge in [0, 0.05) is 12.0 Å². The number of aliphatic hydroxyl groups is 1. The molecule has 0 radical (unpaired) electrons. The summed E-state index contributed by atoms with van der Waals surface area (Å²) in [6.07, 6.45) is 2.32. The van der Waals surface area contributed by atoms with E-state index in [4.69, 9.17) is 4.74 Å². The molecule has 2 aliphatic heterocycles. The van der Waals surface area contributed by atoms with Crippen LogP contribution in [0.4, 0.5) is 0 Å². The number of nitrogens with one attached hydrogen (secondary N) is 1. The third-order valence-electron chi connectivity index (χ3n) is 3.93. The van der Waals surface area contributed by atoms with Gasteiger partial charge in [0.15, 0.2) is 0 Å². The van der Waals surface area contributed by atoms with Gasteiger partial charge in [-0.25, -0.2) is 0 Å². The molecule has 3 rings (SSSR count). The first-order chi connectivity index (χ1) is 8.19. The number of ether oxygens (including phenoxy) is 1. The second kappa shape index (κ2) is 4.00. The van der Waals surface area contributed by atoms with Crippen LogP contribution in [0.15, 0.2) is 18.2 Å². The molecule has 1 saturated heterocycles. The summed E-state index contributed by atoms with van der Waals surface area (Å²) in [5.74, 6) is 0.880. The van der Waals surface area contributed by atoms with Crippen molar-refractivity contribution < 1.29 is 9.84 Å². The molecule has 0 bridgehead atoms. The van der Waals surface area contributed by atoms with Crippen molar-refractivity contribution in [2.75, 3.05) is 13.1 Å². The first-order valence-electron chi connectivity index (χ1n) is 6.37. The molecule has 3 heteroatoms. The summed E-state index contributed by atoms with van der Waals surface area (Å²) in [5, 5.41) is 13.6. The number of rotatable bonds is 0. The van der Waals surface area contributed by atoms with Crippen LogP contribution in [0.1, 0.15) is 36.5 Å². The molecule has 0 saturated carbocycles. The molecule has 2 heterocycles. The van der Waals surface area contributed by atoms with Gasteiger partial charge in [0.25, 0.3) is 0 Å². The second-order valence-corrected chi connectivity index (χ2v) is 5.30. The first kappa shape index (κ1) is 11.1. The van der Waals surface area contributed by atoms with Crippen LogP contribution < -0.4 is 10.1 Å². The van der Waals surface area contributed by atoms with Gasteiger partial charge < -0.3 is 15.2 Å². The molecule has 1 spiro atoms. The topological polar surface area (TPSA) is 41.5 Å². The summed E-state index contributed by atoms with van der Waals surface area (Å²) in [7, 11) is 0. The summed E-state index contributed by atoms with van der Waals surface area (Å²) in [6, 6.07) is 6.07. The highest BCUT2D eigenvalue weighted by atomic mass is 16.5. The Hall–Kier alpha value is -1.06. The van der Waals surface area contributed by atoms with Crippen molar-refractivity contribution in [3.05, 3.63) is 29.3 Å². The molecule has 1 aromatic rings. The van der Waals surface area contributed by atoms with E-state index in [2.05, 4.69) is 12.2 Å². The number of fused-ring (bicyclic) bond motifs is 1. The van der Waals surface area contributed by atoms with Crippen LogP contribution in [0, 0.1) is 6.92 Å². The molecule has 2 N–H and O–H groups in total. The Labute approximate surface area is 102 Å². The molecule has 1 aromatic carbocycles. The minimum atomic E-state index is -0.377. The summed E-state index contributed by atoms with van der Waals surface area (Å²) >= 11 is 0. The van der Waals surface area contributed by atoms with Crippen LogP contribution in [0.5, 0.6) is 5.75 Å². The summed E-state index contributed by atoms with van der Waals surface area (Å²) in [5.41, 5.74) is 1.98. The Morgan fingerprint density at radius 2 is 2.12 bits per heavy atom. The Morgan fingerprint density at radius 3 is 2.88 bits per heavy atom. The summed E-state index contributed by atoms with van der Waals surface area (Å²) in [4.78, 5) is 0. The fourth-order valence-corrected chi connectivity index (χ4v) is 2.93. The molecular formula is C14H19NO2. The number of benzene rings is 1. The van der Waals surface area contributed by atoms with Crippen LogP contribution in [-0.4, -0.2) is 23.8 Å². The highest BCUT2D eigenvalue weighted by Gasteiger charge is 2.41. The number of aliphatic hydroxyl groups excluding tert-OH is 1. The smallest absolute Gasteiger partial charge is 0.126 e. The third kappa shape index (κ3) is 1.94. The van der Waals surface area contributed by atoms with Crippen LogP contribution in [-0.2, 0) is 0 Å². The van der Waals surface area contributed by atoms with E-state index < -0.39 is 0 Å². The molecule has 1 atom stereocenters. The van der Waals surface area contributed by atoms with Crippen molar-refractivity contribution in [3.63, 3.8) is 0 Å². The van der Waals surface area contributed by atoms with Gasteiger partial charge >= 0.3 is 0 Å². The van der Waals surface area contributed by atoms with E-state index >= 15 is 0 Å². The Morgan fingerprint density at radius 1 is 1.35 bits per heavy atom. The van der Waals surface area contributed by atoms with Crippen LogP contribution >= 0.6 is 0 Å². The lowest BCUT2D eigenvalue weighted by Crippen LogP contribution is -2.49. The summed E-state index contributed by atoms with van der Waals surface area (Å²) < 4.78 is 6.21. The average Bonchev–Trinajstić information content (AvgIpc) is 2.29. The molecule has 0 amide bonds. The van der Waals surface area contributed by atoms with E-state index in [1.54, 1.807) is 0 Å². The Kier molecular flexibility index (Phi) is 2.60. The molecular weight excluding hydrogens is 214 g/mol. The van der Waals surface area contributed by atoms with Crippen molar-refractivity contribution >= 4 is 0 Å². The molecule has 0 aliphatic carbocycles. The Bertz CT molecular complexity index is 424. The van der Waals surface area contributed by atoms with Crippen molar-refractivity contribution in [1.29, 1.82) is 0 Å². The van der Waals surface area contributed by atoms with Crippen molar-refractivity contribution in [2.45, 2.75) is 37.9 Å². The average molecular weight is 233 g/mol. The third-order valence-corrected chi connectivity index (χ3v) is 3.93. The lowest BCUT2D eigenvalue weighted by atomic mass is 9.82. The van der Waals surface area contributed by atoms with E-state index in [9.17, 15) is 5.11 Å². The molecule has 3 nitrogen and oxygen atoms in total. The predicted octanol–water partition coefficient (Wildman–Crippen LogP) is 1.93. The van der Waals surface area contributed by atoms with Gasteiger partial charge in [-0.3, -0.25) is 0 Å². The first-order valence-corrected chi connectivity index (χ1v) is 6.37. The molecule has 1 unspecified atom stereocenters. The fraction of sp³-hybridized carbons (Fsp3) is 0.571. The fourth-order valence-electron chi connectivity index (χ4n) is 2.93. The van der Waals surface area contributed by atoms with Crippen LogP contribution in [0.25, 0.3) is 0 Å². The van der Waals surface area contributed by atoms with Gasteiger partial charge in [0.2, 0.25) is 0 Å². The normalized spacial score (nSPS) is 26.4. The number of hydrogen-bond acceptors (Lipinski definition) is 3. The van der Waals surface area contributed by atoms with Crippen LogP contribution in [0.3, 0.4) is 0 Å². The van der Waals surface area contributed by atoms with Crippen LogP contribution in [0.2, 0.25) is 0 Å². The zero-order valence-electron chi connectivity index (χ0n) is 10.2. The zero-order chi connectivity index (χ0) is 11.9. The largest absolute Gasteiger partial charge is 0.487 e. The van der Waals surface area contributed by atoms with Crippen molar-refractivity contribution in [3.8, 4) is 5.75 Å². The SMILES string of the molecule is Cc1ccc2c(c1)OC1(CCNCC1)CC2O. The van der Waals surface area contributed by atoms with Gasteiger partial charge in [-0.1, -0.05) is 12.1 Å². The molecule has 0 aromatic heterocycles. The number of piperidine rings is 1. The standard InChI is InChI=1S/C14H19NO2/c1-10-2-3-11-12(16)9-14(17-13(11)8-10)4-6-15-7-5-14/h2-3,8,12,15-16H,4-7,9H2,1H3. The predicted molar refractivity (Wildman–Crippen MR) is 66.2 cm³/mol. The molecule has 92 valence electrons. The highest BCUT2D eigenvalue weighted by Crippen LogP contribution is 2.43. The maximum Gasteiger partial charge on any atom is 0.126 e. The lowest BCUT2D eigenvalue weighted by Gasteiger charge is -2.43. The lowest BCUT2D eigenvalue weighted by molar-refractivity contribution is -0.0337. The van der Waals surface area contributed by atoms with Crippen molar-refractivity contribution in [1.82, 2.24) is 5.32 Å².